The first-order chi connectivity index (χ1) is 10.2. The number of hydrogen-bond acceptors (Lipinski definition) is 4. The normalized spacial score (nSPS) is 14.6. The van der Waals surface area contributed by atoms with E-state index in [2.05, 4.69) is 51.5 Å². The number of nitrogens with one attached hydrogen (secondary N) is 1. The van der Waals surface area contributed by atoms with Gasteiger partial charge in [-0.15, -0.1) is 0 Å². The summed E-state index contributed by atoms with van der Waals surface area (Å²) < 4.78 is 6.87. The van der Waals surface area contributed by atoms with Crippen molar-refractivity contribution >= 4 is 15.9 Å². The number of pyridine rings is 1. The molecular formula is C16H18BrN3O. The Morgan fingerprint density at radius 3 is 3.10 bits per heavy atom. The SMILES string of the molecule is Cc1cccnc1C(Cc1cc(Br)cc2c1OCC2)NN. The lowest BCUT2D eigenvalue weighted by Gasteiger charge is -2.19. The Bertz CT molecular complexity index is 660. The maximum Gasteiger partial charge on any atom is 0.125 e. The van der Waals surface area contributed by atoms with Crippen molar-refractivity contribution in [2.75, 3.05) is 6.61 Å². The molecule has 0 amide bonds. The van der Waals surface area contributed by atoms with Crippen molar-refractivity contribution in [1.82, 2.24) is 10.4 Å². The fourth-order valence-corrected chi connectivity index (χ4v) is 3.37. The molecule has 0 fully saturated rings. The van der Waals surface area contributed by atoms with E-state index < -0.39 is 0 Å². The second kappa shape index (κ2) is 6.13. The Balaban J connectivity index is 1.94. The largest absolute Gasteiger partial charge is 0.493 e. The zero-order valence-corrected chi connectivity index (χ0v) is 13.5. The topological polar surface area (TPSA) is 60.2 Å². The molecule has 1 aliphatic rings. The molecule has 21 heavy (non-hydrogen) atoms. The predicted octanol–water partition coefficient (Wildman–Crippen LogP) is 2.83. The minimum Gasteiger partial charge on any atom is -0.493 e. The smallest absolute Gasteiger partial charge is 0.125 e. The first-order valence-corrected chi connectivity index (χ1v) is 7.80. The highest BCUT2D eigenvalue weighted by Gasteiger charge is 2.21. The zero-order chi connectivity index (χ0) is 14.8. The van der Waals surface area contributed by atoms with Gasteiger partial charge in [0.05, 0.1) is 18.3 Å². The minimum atomic E-state index is -0.0335. The van der Waals surface area contributed by atoms with Gasteiger partial charge in [0, 0.05) is 17.1 Å². The van der Waals surface area contributed by atoms with Crippen LogP contribution >= 0.6 is 15.9 Å². The summed E-state index contributed by atoms with van der Waals surface area (Å²) >= 11 is 3.58. The molecular weight excluding hydrogens is 330 g/mol. The lowest BCUT2D eigenvalue weighted by molar-refractivity contribution is 0.351. The van der Waals surface area contributed by atoms with Gasteiger partial charge in [0.25, 0.3) is 0 Å². The Morgan fingerprint density at radius 2 is 2.33 bits per heavy atom. The predicted molar refractivity (Wildman–Crippen MR) is 86.1 cm³/mol. The number of aryl methyl sites for hydroxylation is 1. The van der Waals surface area contributed by atoms with Gasteiger partial charge in [0.1, 0.15) is 5.75 Å². The summed E-state index contributed by atoms with van der Waals surface area (Å²) in [6.07, 6.45) is 3.51. The van der Waals surface area contributed by atoms with Gasteiger partial charge in [0.15, 0.2) is 0 Å². The summed E-state index contributed by atoms with van der Waals surface area (Å²) in [5, 5.41) is 0. The van der Waals surface area contributed by atoms with Crippen LogP contribution in [0.3, 0.4) is 0 Å². The molecule has 1 aromatic heterocycles. The van der Waals surface area contributed by atoms with E-state index in [4.69, 9.17) is 10.6 Å². The molecule has 1 aromatic carbocycles. The van der Waals surface area contributed by atoms with Crippen LogP contribution in [-0.4, -0.2) is 11.6 Å². The third-order valence-electron chi connectivity index (χ3n) is 3.83. The summed E-state index contributed by atoms with van der Waals surface area (Å²) in [7, 11) is 0. The van der Waals surface area contributed by atoms with Gasteiger partial charge >= 0.3 is 0 Å². The lowest BCUT2D eigenvalue weighted by atomic mass is 9.98. The molecule has 0 saturated carbocycles. The number of hydrogen-bond donors (Lipinski definition) is 2. The average molecular weight is 348 g/mol. The van der Waals surface area contributed by atoms with E-state index in [0.717, 1.165) is 46.5 Å². The van der Waals surface area contributed by atoms with Gasteiger partial charge in [-0.2, -0.15) is 0 Å². The maximum absolute atomic E-state index is 5.79. The Kier molecular flexibility index (Phi) is 4.24. The molecule has 1 atom stereocenters. The number of nitrogens with zero attached hydrogens (tertiary/aromatic N) is 1. The highest BCUT2D eigenvalue weighted by atomic mass is 79.9. The highest BCUT2D eigenvalue weighted by molar-refractivity contribution is 9.10. The quantitative estimate of drug-likeness (QED) is 0.659. The van der Waals surface area contributed by atoms with Crippen LogP contribution in [0.15, 0.2) is 34.9 Å². The average Bonchev–Trinajstić information content (AvgIpc) is 2.93. The summed E-state index contributed by atoms with van der Waals surface area (Å²) in [6, 6.07) is 8.19. The van der Waals surface area contributed by atoms with E-state index >= 15 is 0 Å². The maximum atomic E-state index is 5.79. The van der Waals surface area contributed by atoms with E-state index in [1.54, 1.807) is 6.20 Å². The highest BCUT2D eigenvalue weighted by Crippen LogP contribution is 2.35. The Labute approximate surface area is 132 Å². The summed E-state index contributed by atoms with van der Waals surface area (Å²) in [5.41, 5.74) is 7.41. The number of aromatic nitrogens is 1. The lowest BCUT2D eigenvalue weighted by Crippen LogP contribution is -2.31. The standard InChI is InChI=1S/C16H18BrN3O/c1-10-3-2-5-19-15(10)14(20-18)9-12-8-13(17)7-11-4-6-21-16(11)12/h2-3,5,7-8,14,20H,4,6,9,18H2,1H3. The number of benzene rings is 1. The van der Waals surface area contributed by atoms with E-state index in [-0.39, 0.29) is 6.04 Å². The van der Waals surface area contributed by atoms with Crippen molar-refractivity contribution in [3.8, 4) is 5.75 Å². The molecule has 5 heteroatoms. The molecule has 3 N–H and O–H groups in total. The zero-order valence-electron chi connectivity index (χ0n) is 11.9. The van der Waals surface area contributed by atoms with Crippen LogP contribution in [0.1, 0.15) is 28.4 Å². The van der Waals surface area contributed by atoms with Crippen molar-refractivity contribution in [3.05, 3.63) is 57.3 Å². The minimum absolute atomic E-state index is 0.0335. The molecule has 0 spiro atoms. The van der Waals surface area contributed by atoms with Crippen molar-refractivity contribution in [2.45, 2.75) is 25.8 Å². The monoisotopic (exact) mass is 347 g/mol. The van der Waals surface area contributed by atoms with Crippen LogP contribution < -0.4 is 16.0 Å². The first-order valence-electron chi connectivity index (χ1n) is 7.01. The molecule has 4 nitrogen and oxygen atoms in total. The number of hydrazine groups is 1. The summed E-state index contributed by atoms with van der Waals surface area (Å²) in [6.45, 7) is 2.80. The number of ether oxygens (including phenoxy) is 1. The fourth-order valence-electron chi connectivity index (χ4n) is 2.81. The number of halogens is 1. The number of nitrogens with two attached hydrogens (primary N) is 1. The molecule has 0 radical (unpaired) electrons. The molecule has 0 bridgehead atoms. The van der Waals surface area contributed by atoms with Crippen molar-refractivity contribution in [3.63, 3.8) is 0 Å². The second-order valence-corrected chi connectivity index (χ2v) is 6.20. The Hall–Kier alpha value is -1.43. The molecule has 0 aliphatic carbocycles. The van der Waals surface area contributed by atoms with Crippen molar-refractivity contribution in [2.24, 2.45) is 5.84 Å². The van der Waals surface area contributed by atoms with E-state index in [1.807, 2.05) is 6.07 Å². The van der Waals surface area contributed by atoms with Gasteiger partial charge in [-0.05, 0) is 48.2 Å². The van der Waals surface area contributed by atoms with Crippen LogP contribution in [0, 0.1) is 6.92 Å². The molecule has 2 heterocycles. The van der Waals surface area contributed by atoms with Gasteiger partial charge in [-0.25, -0.2) is 0 Å². The van der Waals surface area contributed by atoms with Gasteiger partial charge in [-0.3, -0.25) is 16.3 Å². The van der Waals surface area contributed by atoms with E-state index in [1.165, 1.54) is 5.56 Å². The van der Waals surface area contributed by atoms with Crippen LogP contribution in [-0.2, 0) is 12.8 Å². The van der Waals surface area contributed by atoms with Gasteiger partial charge in [0.2, 0.25) is 0 Å². The Morgan fingerprint density at radius 1 is 1.48 bits per heavy atom. The number of fused-ring (bicyclic) bond motifs is 1. The van der Waals surface area contributed by atoms with Crippen molar-refractivity contribution in [1.29, 1.82) is 0 Å². The molecule has 1 unspecified atom stereocenters. The number of rotatable bonds is 4. The first kappa shape index (κ1) is 14.5. The summed E-state index contributed by atoms with van der Waals surface area (Å²) in [4.78, 5) is 4.47. The second-order valence-electron chi connectivity index (χ2n) is 5.28. The third kappa shape index (κ3) is 2.95. The van der Waals surface area contributed by atoms with Gasteiger partial charge in [-0.1, -0.05) is 22.0 Å². The molecule has 110 valence electrons. The van der Waals surface area contributed by atoms with Crippen LogP contribution in [0.25, 0.3) is 0 Å². The van der Waals surface area contributed by atoms with E-state index in [9.17, 15) is 0 Å². The molecule has 0 saturated heterocycles. The third-order valence-corrected chi connectivity index (χ3v) is 4.29. The molecule has 3 rings (SSSR count). The van der Waals surface area contributed by atoms with E-state index in [0.29, 0.717) is 0 Å². The molecule has 1 aliphatic heterocycles. The van der Waals surface area contributed by atoms with Crippen LogP contribution in [0.4, 0.5) is 0 Å². The summed E-state index contributed by atoms with van der Waals surface area (Å²) in [5.74, 6) is 6.77. The fraction of sp³-hybridized carbons (Fsp3) is 0.312. The molecule has 2 aromatic rings. The van der Waals surface area contributed by atoms with Crippen molar-refractivity contribution < 1.29 is 4.74 Å². The van der Waals surface area contributed by atoms with Crippen LogP contribution in [0.5, 0.6) is 5.75 Å². The van der Waals surface area contributed by atoms with Crippen LogP contribution in [0.2, 0.25) is 0 Å². The van der Waals surface area contributed by atoms with Gasteiger partial charge < -0.3 is 4.74 Å².